The monoisotopic (exact) mass is 259 g/mol. The molecule has 3 nitrogen and oxygen atoms in total. The fourth-order valence-electron chi connectivity index (χ4n) is 3.31. The van der Waals surface area contributed by atoms with E-state index in [-0.39, 0.29) is 0 Å². The first kappa shape index (κ1) is 12.9. The van der Waals surface area contributed by atoms with E-state index >= 15 is 0 Å². The molecule has 0 aromatic heterocycles. The van der Waals surface area contributed by atoms with Crippen molar-refractivity contribution in [3.8, 4) is 0 Å². The van der Waals surface area contributed by atoms with Crippen molar-refractivity contribution in [1.29, 1.82) is 0 Å². The van der Waals surface area contributed by atoms with Crippen LogP contribution in [-0.4, -0.2) is 62.2 Å². The summed E-state index contributed by atoms with van der Waals surface area (Å²) in [6.07, 6.45) is 1.35. The van der Waals surface area contributed by atoms with Gasteiger partial charge in [-0.15, -0.1) is 0 Å². The van der Waals surface area contributed by atoms with Crippen LogP contribution in [0.1, 0.15) is 12.0 Å². The molecule has 1 atom stereocenters. The molecule has 0 N–H and O–H groups in total. The fraction of sp³-hybridized carbons (Fsp3) is 0.625. The molecule has 0 aliphatic carbocycles. The lowest BCUT2D eigenvalue weighted by molar-refractivity contribution is 0.187. The van der Waals surface area contributed by atoms with Gasteiger partial charge in [-0.25, -0.2) is 0 Å². The third kappa shape index (κ3) is 2.93. The van der Waals surface area contributed by atoms with Crippen LogP contribution in [-0.2, 0) is 0 Å². The van der Waals surface area contributed by atoms with Gasteiger partial charge in [-0.1, -0.05) is 17.7 Å². The average Bonchev–Trinajstić information content (AvgIpc) is 2.87. The Morgan fingerprint density at radius 3 is 2.21 bits per heavy atom. The number of anilines is 1. The molecule has 0 spiro atoms. The first-order chi connectivity index (χ1) is 9.22. The molecular formula is C16H25N3. The van der Waals surface area contributed by atoms with E-state index in [1.165, 1.54) is 56.9 Å². The maximum atomic E-state index is 2.69. The fourth-order valence-corrected chi connectivity index (χ4v) is 3.31. The van der Waals surface area contributed by atoms with E-state index < -0.39 is 0 Å². The number of likely N-dealkylation sites (N-methyl/N-ethyl adjacent to an activating group) is 1. The summed E-state index contributed by atoms with van der Waals surface area (Å²) in [6, 6.07) is 9.74. The highest BCUT2D eigenvalue weighted by molar-refractivity contribution is 5.47. The Morgan fingerprint density at radius 1 is 0.947 bits per heavy atom. The molecule has 0 radical (unpaired) electrons. The predicted octanol–water partition coefficient (Wildman–Crippen LogP) is 1.82. The molecular weight excluding hydrogens is 234 g/mol. The number of piperazine rings is 1. The summed E-state index contributed by atoms with van der Waals surface area (Å²) in [4.78, 5) is 7.67. The SMILES string of the molecule is Cc1ccc(N2CCN(C3CCN(C)C3)CC2)cc1. The van der Waals surface area contributed by atoms with Crippen LogP contribution in [0.5, 0.6) is 0 Å². The van der Waals surface area contributed by atoms with E-state index in [1.54, 1.807) is 0 Å². The summed E-state index contributed by atoms with van der Waals surface area (Å²) >= 11 is 0. The highest BCUT2D eigenvalue weighted by Crippen LogP contribution is 2.20. The highest BCUT2D eigenvalue weighted by Gasteiger charge is 2.28. The summed E-state index contributed by atoms with van der Waals surface area (Å²) in [7, 11) is 2.24. The van der Waals surface area contributed by atoms with Crippen molar-refractivity contribution in [2.75, 3.05) is 51.2 Å². The van der Waals surface area contributed by atoms with Gasteiger partial charge in [0.15, 0.2) is 0 Å². The quantitative estimate of drug-likeness (QED) is 0.802. The third-order valence-corrected chi connectivity index (χ3v) is 4.60. The van der Waals surface area contributed by atoms with Crippen LogP contribution >= 0.6 is 0 Å². The molecule has 2 fully saturated rings. The summed E-state index contributed by atoms with van der Waals surface area (Å²) in [5.41, 5.74) is 2.73. The van der Waals surface area contributed by atoms with Gasteiger partial charge >= 0.3 is 0 Å². The molecule has 3 rings (SSSR count). The normalized spacial score (nSPS) is 26.0. The molecule has 2 heterocycles. The highest BCUT2D eigenvalue weighted by atomic mass is 15.3. The molecule has 104 valence electrons. The van der Waals surface area contributed by atoms with Gasteiger partial charge < -0.3 is 9.80 Å². The Labute approximate surface area is 116 Å². The van der Waals surface area contributed by atoms with Crippen molar-refractivity contribution in [3.63, 3.8) is 0 Å². The van der Waals surface area contributed by atoms with E-state index in [1.807, 2.05) is 0 Å². The standard InChI is InChI=1S/C16H25N3/c1-14-3-5-15(6-4-14)18-9-11-19(12-10-18)16-7-8-17(2)13-16/h3-6,16H,7-13H2,1-2H3. The first-order valence-corrected chi connectivity index (χ1v) is 7.46. The number of nitrogens with zero attached hydrogens (tertiary/aromatic N) is 3. The zero-order valence-corrected chi connectivity index (χ0v) is 12.2. The molecule has 0 amide bonds. The average molecular weight is 259 g/mol. The van der Waals surface area contributed by atoms with Crippen molar-refractivity contribution in [2.45, 2.75) is 19.4 Å². The zero-order valence-electron chi connectivity index (χ0n) is 12.2. The molecule has 1 aromatic carbocycles. The van der Waals surface area contributed by atoms with E-state index in [9.17, 15) is 0 Å². The van der Waals surface area contributed by atoms with Crippen LogP contribution in [0.4, 0.5) is 5.69 Å². The van der Waals surface area contributed by atoms with Gasteiger partial charge in [-0.2, -0.15) is 0 Å². The maximum absolute atomic E-state index is 2.69. The second kappa shape index (κ2) is 5.51. The minimum Gasteiger partial charge on any atom is -0.369 e. The van der Waals surface area contributed by atoms with Crippen molar-refractivity contribution >= 4 is 5.69 Å². The van der Waals surface area contributed by atoms with Gasteiger partial charge in [0.2, 0.25) is 0 Å². The van der Waals surface area contributed by atoms with Crippen LogP contribution < -0.4 is 4.90 Å². The predicted molar refractivity (Wildman–Crippen MR) is 80.9 cm³/mol. The summed E-state index contributed by atoms with van der Waals surface area (Å²) < 4.78 is 0. The van der Waals surface area contributed by atoms with Crippen LogP contribution in [0.3, 0.4) is 0 Å². The Balaban J connectivity index is 1.56. The van der Waals surface area contributed by atoms with E-state index in [0.29, 0.717) is 0 Å². The lowest BCUT2D eigenvalue weighted by Gasteiger charge is -2.39. The molecule has 1 unspecified atom stereocenters. The number of hydrogen-bond acceptors (Lipinski definition) is 3. The van der Waals surface area contributed by atoms with Crippen LogP contribution in [0.15, 0.2) is 24.3 Å². The maximum Gasteiger partial charge on any atom is 0.0367 e. The van der Waals surface area contributed by atoms with Gasteiger partial charge in [0.05, 0.1) is 0 Å². The summed E-state index contributed by atoms with van der Waals surface area (Å²) in [6.45, 7) is 9.44. The van der Waals surface area contributed by atoms with Gasteiger partial charge in [-0.3, -0.25) is 4.90 Å². The largest absolute Gasteiger partial charge is 0.369 e. The Kier molecular flexibility index (Phi) is 3.76. The first-order valence-electron chi connectivity index (χ1n) is 7.46. The Bertz CT molecular complexity index is 407. The Hall–Kier alpha value is -1.06. The molecule has 3 heteroatoms. The number of likely N-dealkylation sites (tertiary alicyclic amines) is 1. The molecule has 2 aliphatic rings. The van der Waals surface area contributed by atoms with Crippen LogP contribution in [0.2, 0.25) is 0 Å². The zero-order chi connectivity index (χ0) is 13.2. The van der Waals surface area contributed by atoms with Gasteiger partial charge in [-0.05, 0) is 39.1 Å². The minimum absolute atomic E-state index is 0.796. The Morgan fingerprint density at radius 2 is 1.63 bits per heavy atom. The molecule has 0 bridgehead atoms. The van der Waals surface area contributed by atoms with Gasteiger partial charge in [0.1, 0.15) is 0 Å². The second-order valence-corrected chi connectivity index (χ2v) is 6.06. The molecule has 2 saturated heterocycles. The lowest BCUT2D eigenvalue weighted by atomic mass is 10.1. The number of aryl methyl sites for hydroxylation is 1. The van der Waals surface area contributed by atoms with Gasteiger partial charge in [0.25, 0.3) is 0 Å². The second-order valence-electron chi connectivity index (χ2n) is 6.06. The number of benzene rings is 1. The molecule has 1 aromatic rings. The lowest BCUT2D eigenvalue weighted by Crippen LogP contribution is -2.51. The van der Waals surface area contributed by atoms with Crippen molar-refractivity contribution in [1.82, 2.24) is 9.80 Å². The van der Waals surface area contributed by atoms with E-state index in [4.69, 9.17) is 0 Å². The smallest absolute Gasteiger partial charge is 0.0367 e. The van der Waals surface area contributed by atoms with Crippen molar-refractivity contribution in [2.24, 2.45) is 0 Å². The topological polar surface area (TPSA) is 9.72 Å². The van der Waals surface area contributed by atoms with Crippen molar-refractivity contribution < 1.29 is 0 Å². The summed E-state index contributed by atoms with van der Waals surface area (Å²) in [5.74, 6) is 0. The van der Waals surface area contributed by atoms with Gasteiger partial charge in [0, 0.05) is 44.5 Å². The van der Waals surface area contributed by atoms with E-state index in [2.05, 4.69) is 52.9 Å². The van der Waals surface area contributed by atoms with E-state index in [0.717, 1.165) is 6.04 Å². The minimum atomic E-state index is 0.796. The molecule has 19 heavy (non-hydrogen) atoms. The summed E-state index contributed by atoms with van der Waals surface area (Å²) in [5, 5.41) is 0. The number of hydrogen-bond donors (Lipinski definition) is 0. The molecule has 0 saturated carbocycles. The molecule has 2 aliphatic heterocycles. The van der Waals surface area contributed by atoms with Crippen molar-refractivity contribution in [3.05, 3.63) is 29.8 Å². The van der Waals surface area contributed by atoms with Crippen LogP contribution in [0, 0.1) is 6.92 Å². The van der Waals surface area contributed by atoms with Crippen LogP contribution in [0.25, 0.3) is 0 Å². The third-order valence-electron chi connectivity index (χ3n) is 4.60. The number of rotatable bonds is 2.